The normalized spacial score (nSPS) is 25.3. The number of pyridine rings is 1. The predicted molar refractivity (Wildman–Crippen MR) is 117 cm³/mol. The molecule has 31 heavy (non-hydrogen) atoms. The molecule has 0 bridgehead atoms. The van der Waals surface area contributed by atoms with Gasteiger partial charge in [-0.25, -0.2) is 0 Å². The minimum atomic E-state index is 0.0337. The Bertz CT molecular complexity index is 969. The smallest absolute Gasteiger partial charge is 0.255 e. The van der Waals surface area contributed by atoms with Gasteiger partial charge >= 0.3 is 0 Å². The van der Waals surface area contributed by atoms with Crippen LogP contribution in [0.5, 0.6) is 5.75 Å². The first-order chi connectivity index (χ1) is 15.0. The van der Waals surface area contributed by atoms with Gasteiger partial charge in [0, 0.05) is 55.3 Å². The molecule has 0 unspecified atom stereocenters. The van der Waals surface area contributed by atoms with Crippen molar-refractivity contribution >= 4 is 11.8 Å². The van der Waals surface area contributed by atoms with Crippen LogP contribution in [0.2, 0.25) is 0 Å². The number of carbonyl (C=O) groups excluding carboxylic acids is 2. The average molecular weight is 420 g/mol. The molecule has 1 aromatic heterocycles. The lowest BCUT2D eigenvalue weighted by atomic mass is 9.81. The molecule has 3 aliphatic rings. The number of benzene rings is 1. The van der Waals surface area contributed by atoms with Gasteiger partial charge in [-0.15, -0.1) is 0 Å². The number of ether oxygens (including phenoxy) is 1. The maximum Gasteiger partial charge on any atom is 0.255 e. The number of piperidine rings is 1. The lowest BCUT2D eigenvalue weighted by Crippen LogP contribution is -2.50. The molecular formula is C25H29N3O3. The third kappa shape index (κ3) is 3.80. The SMILES string of the molecule is COc1ccc([C@@H]2CN(C(=O)C3CC3)[C@H]3CCN(C(=O)c4ccc(C)nc4)C[C@@H]23)cc1. The fourth-order valence-corrected chi connectivity index (χ4v) is 5.22. The summed E-state index contributed by atoms with van der Waals surface area (Å²) < 4.78 is 5.32. The van der Waals surface area contributed by atoms with Crippen molar-refractivity contribution in [2.45, 2.75) is 38.1 Å². The third-order valence-electron chi connectivity index (χ3n) is 7.13. The summed E-state index contributed by atoms with van der Waals surface area (Å²) in [7, 11) is 1.67. The minimum Gasteiger partial charge on any atom is -0.497 e. The zero-order valence-corrected chi connectivity index (χ0v) is 18.2. The molecule has 3 atom stereocenters. The lowest BCUT2D eigenvalue weighted by Gasteiger charge is -2.39. The summed E-state index contributed by atoms with van der Waals surface area (Å²) in [5.74, 6) is 1.86. The topological polar surface area (TPSA) is 62.7 Å². The van der Waals surface area contributed by atoms with Gasteiger partial charge in [0.05, 0.1) is 12.7 Å². The van der Waals surface area contributed by atoms with E-state index in [4.69, 9.17) is 4.74 Å². The molecule has 0 spiro atoms. The molecule has 3 fully saturated rings. The number of fused-ring (bicyclic) bond motifs is 1. The number of likely N-dealkylation sites (tertiary alicyclic amines) is 2. The molecule has 0 radical (unpaired) electrons. The van der Waals surface area contributed by atoms with Crippen LogP contribution in [0, 0.1) is 18.8 Å². The molecule has 3 heterocycles. The number of aryl methyl sites for hydroxylation is 1. The molecule has 6 heteroatoms. The second-order valence-electron chi connectivity index (χ2n) is 9.10. The highest BCUT2D eigenvalue weighted by Gasteiger charge is 2.49. The van der Waals surface area contributed by atoms with E-state index in [0.29, 0.717) is 24.6 Å². The highest BCUT2D eigenvalue weighted by atomic mass is 16.5. The van der Waals surface area contributed by atoms with E-state index in [1.165, 1.54) is 5.56 Å². The summed E-state index contributed by atoms with van der Waals surface area (Å²) in [5.41, 5.74) is 2.75. The predicted octanol–water partition coefficient (Wildman–Crippen LogP) is 3.27. The van der Waals surface area contributed by atoms with E-state index in [1.807, 2.05) is 36.1 Å². The van der Waals surface area contributed by atoms with Crippen LogP contribution in [-0.2, 0) is 4.79 Å². The van der Waals surface area contributed by atoms with E-state index >= 15 is 0 Å². The standard InChI is InChI=1S/C25H29N3O3/c1-16-3-4-19(13-26-16)24(29)27-12-11-23-22(14-27)21(15-28(23)25(30)18-5-6-18)17-7-9-20(31-2)10-8-17/h3-4,7-10,13,18,21-23H,5-6,11-12,14-15H2,1-2H3/t21-,22-,23-/m0/s1. The summed E-state index contributed by atoms with van der Waals surface area (Å²) in [6, 6.07) is 12.1. The lowest BCUT2D eigenvalue weighted by molar-refractivity contribution is -0.134. The zero-order valence-electron chi connectivity index (χ0n) is 18.2. The number of rotatable bonds is 4. The first-order valence-corrected chi connectivity index (χ1v) is 11.2. The van der Waals surface area contributed by atoms with Crippen molar-refractivity contribution in [2.24, 2.45) is 11.8 Å². The minimum absolute atomic E-state index is 0.0337. The molecule has 2 saturated heterocycles. The Hall–Kier alpha value is -2.89. The molecule has 162 valence electrons. The van der Waals surface area contributed by atoms with Crippen molar-refractivity contribution < 1.29 is 14.3 Å². The van der Waals surface area contributed by atoms with Crippen LogP contribution in [0.15, 0.2) is 42.6 Å². The van der Waals surface area contributed by atoms with Gasteiger partial charge in [-0.1, -0.05) is 12.1 Å². The Labute approximate surface area is 183 Å². The third-order valence-corrected chi connectivity index (χ3v) is 7.13. The van der Waals surface area contributed by atoms with Crippen molar-refractivity contribution in [1.82, 2.24) is 14.8 Å². The zero-order chi connectivity index (χ0) is 21.5. The molecular weight excluding hydrogens is 390 g/mol. The summed E-state index contributed by atoms with van der Waals surface area (Å²) in [4.78, 5) is 34.5. The van der Waals surface area contributed by atoms with Crippen molar-refractivity contribution in [3.63, 3.8) is 0 Å². The van der Waals surface area contributed by atoms with Crippen LogP contribution in [-0.4, -0.2) is 59.4 Å². The Morgan fingerprint density at radius 3 is 2.45 bits per heavy atom. The second kappa shape index (κ2) is 7.98. The number of hydrogen-bond acceptors (Lipinski definition) is 4. The molecule has 1 aliphatic carbocycles. The fourth-order valence-electron chi connectivity index (χ4n) is 5.22. The van der Waals surface area contributed by atoms with Crippen LogP contribution < -0.4 is 4.74 Å². The maximum atomic E-state index is 13.1. The highest BCUT2D eigenvalue weighted by molar-refractivity contribution is 5.94. The number of nitrogens with zero attached hydrogens (tertiary/aromatic N) is 3. The Balaban J connectivity index is 1.40. The van der Waals surface area contributed by atoms with Gasteiger partial charge in [-0.05, 0) is 56.0 Å². The second-order valence-corrected chi connectivity index (χ2v) is 9.10. The molecule has 0 N–H and O–H groups in total. The summed E-state index contributed by atoms with van der Waals surface area (Å²) >= 11 is 0. The quantitative estimate of drug-likeness (QED) is 0.763. The maximum absolute atomic E-state index is 13.1. The Kier molecular flexibility index (Phi) is 5.16. The molecule has 1 aromatic carbocycles. The first kappa shape index (κ1) is 20.0. The summed E-state index contributed by atoms with van der Waals surface area (Å²) in [5, 5.41) is 0. The van der Waals surface area contributed by atoms with E-state index in [9.17, 15) is 9.59 Å². The highest BCUT2D eigenvalue weighted by Crippen LogP contribution is 2.44. The Morgan fingerprint density at radius 1 is 1.03 bits per heavy atom. The number of hydrogen-bond donors (Lipinski definition) is 0. The van der Waals surface area contributed by atoms with Crippen molar-refractivity contribution in [2.75, 3.05) is 26.7 Å². The number of amides is 2. The number of aromatic nitrogens is 1. The molecule has 2 aliphatic heterocycles. The fraction of sp³-hybridized carbons (Fsp3) is 0.480. The van der Waals surface area contributed by atoms with Crippen LogP contribution >= 0.6 is 0 Å². The van der Waals surface area contributed by atoms with Crippen molar-refractivity contribution in [1.29, 1.82) is 0 Å². The van der Waals surface area contributed by atoms with Gasteiger partial charge in [0.25, 0.3) is 5.91 Å². The van der Waals surface area contributed by atoms with Gasteiger partial charge in [0.1, 0.15) is 5.75 Å². The monoisotopic (exact) mass is 419 g/mol. The van der Waals surface area contributed by atoms with E-state index in [2.05, 4.69) is 22.0 Å². The molecule has 2 amide bonds. The molecule has 6 nitrogen and oxygen atoms in total. The summed E-state index contributed by atoms with van der Waals surface area (Å²) in [6.45, 7) is 4.01. The molecule has 1 saturated carbocycles. The first-order valence-electron chi connectivity index (χ1n) is 11.2. The molecule has 2 aromatic rings. The van der Waals surface area contributed by atoms with Gasteiger partial charge in [-0.2, -0.15) is 0 Å². The van der Waals surface area contributed by atoms with Crippen LogP contribution in [0.25, 0.3) is 0 Å². The van der Waals surface area contributed by atoms with E-state index in [0.717, 1.165) is 37.3 Å². The summed E-state index contributed by atoms with van der Waals surface area (Å²) in [6.07, 6.45) is 4.54. The van der Waals surface area contributed by atoms with Crippen LogP contribution in [0.4, 0.5) is 0 Å². The van der Waals surface area contributed by atoms with E-state index < -0.39 is 0 Å². The van der Waals surface area contributed by atoms with E-state index in [-0.39, 0.29) is 29.7 Å². The van der Waals surface area contributed by atoms with Crippen LogP contribution in [0.3, 0.4) is 0 Å². The van der Waals surface area contributed by atoms with Gasteiger partial charge in [-0.3, -0.25) is 14.6 Å². The van der Waals surface area contributed by atoms with Crippen molar-refractivity contribution in [3.8, 4) is 5.75 Å². The largest absolute Gasteiger partial charge is 0.497 e. The average Bonchev–Trinajstić information content (AvgIpc) is 3.59. The Morgan fingerprint density at radius 2 is 1.81 bits per heavy atom. The number of methoxy groups -OCH3 is 1. The van der Waals surface area contributed by atoms with Gasteiger partial charge < -0.3 is 14.5 Å². The number of carbonyl (C=O) groups is 2. The molecule has 5 rings (SSSR count). The van der Waals surface area contributed by atoms with Gasteiger partial charge in [0.2, 0.25) is 5.91 Å². The van der Waals surface area contributed by atoms with Crippen molar-refractivity contribution in [3.05, 3.63) is 59.4 Å². The van der Waals surface area contributed by atoms with Crippen LogP contribution in [0.1, 0.15) is 46.8 Å². The van der Waals surface area contributed by atoms with Gasteiger partial charge in [0.15, 0.2) is 0 Å². The van der Waals surface area contributed by atoms with E-state index in [1.54, 1.807) is 13.3 Å².